The van der Waals surface area contributed by atoms with Gasteiger partial charge in [-0.2, -0.15) is 17.5 Å². The van der Waals surface area contributed by atoms with Crippen LogP contribution in [0.4, 0.5) is 13.2 Å². The van der Waals surface area contributed by atoms with Crippen molar-refractivity contribution in [1.82, 2.24) is 9.79 Å². The minimum atomic E-state index is -4.52. The molecule has 1 unspecified atom stereocenters. The Kier molecular flexibility index (Phi) is 7.58. The number of piperidine rings is 1. The maximum absolute atomic E-state index is 13.6. The smallest absolute Gasteiger partial charge is 0.416 e. The highest BCUT2D eigenvalue weighted by molar-refractivity contribution is 7.89. The number of benzene rings is 2. The van der Waals surface area contributed by atoms with Crippen molar-refractivity contribution >= 4 is 15.9 Å². The largest absolute Gasteiger partial charge is 0.493 e. The van der Waals surface area contributed by atoms with Gasteiger partial charge in [-0.1, -0.05) is 0 Å². The lowest BCUT2D eigenvalue weighted by atomic mass is 10.1. The molecule has 0 aliphatic carbocycles. The monoisotopic (exact) mass is 504 g/mol. The number of rotatable bonds is 7. The summed E-state index contributed by atoms with van der Waals surface area (Å²) in [5.41, 5.74) is 0.0783. The summed E-state index contributed by atoms with van der Waals surface area (Å²) in [5, 5.41) is 9.19. The van der Waals surface area contributed by atoms with Gasteiger partial charge in [-0.25, -0.2) is 13.9 Å². The molecule has 1 amide bonds. The number of amides is 1. The number of hydrogen-bond donors (Lipinski definition) is 2. The molecule has 0 spiro atoms. The molecular weight excluding hydrogens is 481 g/mol. The molecule has 2 aromatic rings. The van der Waals surface area contributed by atoms with E-state index in [1.54, 1.807) is 0 Å². The number of halogens is 3. The normalized spacial score (nSPS) is 17.2. The summed E-state index contributed by atoms with van der Waals surface area (Å²) in [6.45, 7) is 0.0438. The lowest BCUT2D eigenvalue weighted by Gasteiger charge is -2.35. The molecule has 2 aromatic carbocycles. The van der Waals surface area contributed by atoms with Crippen LogP contribution in [0.2, 0.25) is 0 Å². The van der Waals surface area contributed by atoms with Crippen LogP contribution in [0.15, 0.2) is 41.3 Å². The average molecular weight is 504 g/mol. The highest BCUT2D eigenvalue weighted by atomic mass is 32.2. The first kappa shape index (κ1) is 25.6. The van der Waals surface area contributed by atoms with E-state index >= 15 is 0 Å². The lowest BCUT2D eigenvalue weighted by molar-refractivity contribution is -0.137. The van der Waals surface area contributed by atoms with Crippen molar-refractivity contribution in [2.75, 3.05) is 20.8 Å². The van der Waals surface area contributed by atoms with Gasteiger partial charge in [0.25, 0.3) is 5.91 Å². The van der Waals surface area contributed by atoms with E-state index < -0.39 is 44.4 Å². The molecule has 0 aromatic heterocycles. The summed E-state index contributed by atoms with van der Waals surface area (Å²) in [6, 6.07) is 6.36. The van der Waals surface area contributed by atoms with Crippen molar-refractivity contribution in [3.8, 4) is 17.2 Å². The number of carbonyl (C=O) groups is 1. The third-order valence-corrected chi connectivity index (χ3v) is 7.21. The summed E-state index contributed by atoms with van der Waals surface area (Å²) >= 11 is 0. The van der Waals surface area contributed by atoms with Gasteiger partial charge in [-0.05, 0) is 55.7 Å². The fraction of sp³-hybridized carbons (Fsp3) is 0.381. The second kappa shape index (κ2) is 10.1. The minimum Gasteiger partial charge on any atom is -0.493 e. The van der Waals surface area contributed by atoms with Gasteiger partial charge in [-0.3, -0.25) is 10.0 Å². The average Bonchev–Trinajstić information content (AvgIpc) is 2.82. The molecule has 0 radical (unpaired) electrons. The van der Waals surface area contributed by atoms with E-state index in [1.807, 2.05) is 0 Å². The van der Waals surface area contributed by atoms with Gasteiger partial charge in [0.2, 0.25) is 10.0 Å². The van der Waals surface area contributed by atoms with Gasteiger partial charge in [0.1, 0.15) is 11.3 Å². The van der Waals surface area contributed by atoms with E-state index in [0.717, 1.165) is 34.6 Å². The van der Waals surface area contributed by atoms with Crippen molar-refractivity contribution < 1.29 is 45.8 Å². The van der Waals surface area contributed by atoms with E-state index in [1.165, 1.54) is 25.8 Å². The third-order valence-electron chi connectivity index (χ3n) is 5.28. The van der Waals surface area contributed by atoms with Crippen LogP contribution in [-0.2, 0) is 16.2 Å². The lowest BCUT2D eigenvalue weighted by Crippen LogP contribution is -2.47. The Morgan fingerprint density at radius 3 is 2.32 bits per heavy atom. The Labute approximate surface area is 194 Å². The maximum atomic E-state index is 13.6. The zero-order valence-electron chi connectivity index (χ0n) is 18.3. The number of carbonyl (C=O) groups excluding carboxylic acids is 1. The molecule has 1 atom stereocenters. The van der Waals surface area contributed by atoms with Crippen molar-refractivity contribution in [3.05, 3.63) is 47.5 Å². The molecule has 1 aliphatic rings. The summed E-state index contributed by atoms with van der Waals surface area (Å²) in [5.74, 6) is -1.21. The van der Waals surface area contributed by atoms with Crippen LogP contribution in [0.5, 0.6) is 17.2 Å². The Morgan fingerprint density at radius 1 is 1.09 bits per heavy atom. The van der Waals surface area contributed by atoms with Crippen LogP contribution < -0.4 is 19.7 Å². The molecule has 186 valence electrons. The summed E-state index contributed by atoms with van der Waals surface area (Å²) < 4.78 is 82.8. The van der Waals surface area contributed by atoms with Crippen LogP contribution in [-0.4, -0.2) is 50.8 Å². The van der Waals surface area contributed by atoms with Crippen molar-refractivity contribution in [2.45, 2.75) is 36.6 Å². The Morgan fingerprint density at radius 2 is 1.76 bits per heavy atom. The first-order valence-electron chi connectivity index (χ1n) is 10.1. The summed E-state index contributed by atoms with van der Waals surface area (Å²) in [4.78, 5) is 11.9. The van der Waals surface area contributed by atoms with Gasteiger partial charge >= 0.3 is 6.18 Å². The van der Waals surface area contributed by atoms with E-state index in [9.17, 15) is 31.6 Å². The number of nitrogens with one attached hydrogen (secondary N) is 1. The second-order valence-corrected chi connectivity index (χ2v) is 9.18. The van der Waals surface area contributed by atoms with Crippen LogP contribution >= 0.6 is 0 Å². The molecule has 1 aliphatic heterocycles. The van der Waals surface area contributed by atoms with Crippen molar-refractivity contribution in [2.24, 2.45) is 0 Å². The minimum absolute atomic E-state index is 0.0438. The number of sulfonamides is 1. The van der Waals surface area contributed by atoms with Gasteiger partial charge in [-0.15, -0.1) is 0 Å². The molecule has 2 N–H and O–H groups in total. The van der Waals surface area contributed by atoms with Gasteiger partial charge < -0.3 is 14.2 Å². The standard InChI is InChI=1S/C21H23F3N2O7S/c1-31-15-10-11-16(18(19(15)32-2)20(27)25-28)34(29,30)26-12-4-3-5-17(26)33-14-8-6-13(7-9-14)21(22,23)24/h6-11,17,28H,3-5,12H2,1-2H3,(H,25,27). The van der Waals surface area contributed by atoms with E-state index in [-0.39, 0.29) is 30.2 Å². The zero-order chi connectivity index (χ0) is 25.1. The number of alkyl halides is 3. The fourth-order valence-electron chi connectivity index (χ4n) is 3.67. The fourth-order valence-corrected chi connectivity index (χ4v) is 5.43. The van der Waals surface area contributed by atoms with Crippen LogP contribution in [0.3, 0.4) is 0 Å². The Balaban J connectivity index is 2.01. The molecule has 1 saturated heterocycles. The maximum Gasteiger partial charge on any atom is 0.416 e. The van der Waals surface area contributed by atoms with Crippen LogP contribution in [0.1, 0.15) is 35.2 Å². The molecule has 13 heteroatoms. The van der Waals surface area contributed by atoms with Crippen LogP contribution in [0, 0.1) is 0 Å². The summed E-state index contributed by atoms with van der Waals surface area (Å²) in [7, 11) is -1.88. The number of hydrogen-bond acceptors (Lipinski definition) is 7. The molecule has 1 fully saturated rings. The Hall–Kier alpha value is -3.03. The molecule has 3 rings (SSSR count). The molecule has 34 heavy (non-hydrogen) atoms. The molecule has 9 nitrogen and oxygen atoms in total. The quantitative estimate of drug-likeness (QED) is 0.439. The molecular formula is C21H23F3N2O7S. The second-order valence-electron chi connectivity index (χ2n) is 7.32. The van der Waals surface area contributed by atoms with Crippen molar-refractivity contribution in [3.63, 3.8) is 0 Å². The van der Waals surface area contributed by atoms with Crippen LogP contribution in [0.25, 0.3) is 0 Å². The molecule has 1 heterocycles. The first-order valence-corrected chi connectivity index (χ1v) is 11.5. The van der Waals surface area contributed by atoms with E-state index in [4.69, 9.17) is 14.2 Å². The number of ether oxygens (including phenoxy) is 3. The molecule has 0 bridgehead atoms. The predicted molar refractivity (Wildman–Crippen MR) is 112 cm³/mol. The predicted octanol–water partition coefficient (Wildman–Crippen LogP) is 3.42. The first-order chi connectivity index (χ1) is 16.0. The van der Waals surface area contributed by atoms with Gasteiger partial charge in [0, 0.05) is 6.54 Å². The zero-order valence-corrected chi connectivity index (χ0v) is 19.1. The SMILES string of the molecule is COc1ccc(S(=O)(=O)N2CCCCC2Oc2ccc(C(F)(F)F)cc2)c(C(=O)NO)c1OC. The van der Waals surface area contributed by atoms with Gasteiger partial charge in [0.15, 0.2) is 17.7 Å². The highest BCUT2D eigenvalue weighted by Gasteiger charge is 2.39. The van der Waals surface area contributed by atoms with Crippen molar-refractivity contribution in [1.29, 1.82) is 0 Å². The number of methoxy groups -OCH3 is 2. The van der Waals surface area contributed by atoms with E-state index in [2.05, 4.69) is 0 Å². The number of nitrogens with zero attached hydrogens (tertiary/aromatic N) is 1. The third kappa shape index (κ3) is 5.05. The highest BCUT2D eigenvalue weighted by Crippen LogP contribution is 2.38. The summed E-state index contributed by atoms with van der Waals surface area (Å²) in [6.07, 6.45) is -4.16. The number of hydroxylamine groups is 1. The Bertz CT molecular complexity index is 1140. The molecule has 0 saturated carbocycles. The topological polar surface area (TPSA) is 114 Å². The van der Waals surface area contributed by atoms with E-state index in [0.29, 0.717) is 12.8 Å². The van der Waals surface area contributed by atoms with Gasteiger partial charge in [0.05, 0.1) is 24.7 Å².